The first kappa shape index (κ1) is 19.1. The molecule has 0 saturated heterocycles. The monoisotopic (exact) mass is 398 g/mol. The first-order valence-corrected chi connectivity index (χ1v) is 9.73. The van der Waals surface area contributed by atoms with Gasteiger partial charge in [0.15, 0.2) is 17.4 Å². The number of aromatic nitrogens is 5. The van der Waals surface area contributed by atoms with Gasteiger partial charge in [-0.25, -0.2) is 9.37 Å². The molecule has 2 aromatic heterocycles. The molecule has 3 aromatic rings. The molecule has 1 aromatic carbocycles. The molecule has 1 unspecified atom stereocenters. The van der Waals surface area contributed by atoms with Gasteiger partial charge in [-0.15, -0.1) is 0 Å². The van der Waals surface area contributed by atoms with E-state index < -0.39 is 5.82 Å². The van der Waals surface area contributed by atoms with Crippen LogP contribution in [-0.2, 0) is 24.2 Å². The van der Waals surface area contributed by atoms with E-state index in [9.17, 15) is 14.3 Å². The largest absolute Gasteiger partial charge is 0.505 e. The van der Waals surface area contributed by atoms with Crippen LogP contribution in [0.1, 0.15) is 54.2 Å². The number of H-pyrrole nitrogens is 2. The maximum Gasteiger partial charge on any atom is 0.222 e. The number of halogens is 1. The number of hydrogen-bond donors (Lipinski definition) is 3. The second kappa shape index (κ2) is 8.02. The number of aromatic hydroxyl groups is 1. The van der Waals surface area contributed by atoms with E-state index in [2.05, 4.69) is 25.4 Å². The van der Waals surface area contributed by atoms with Crippen molar-refractivity contribution in [1.29, 1.82) is 0 Å². The van der Waals surface area contributed by atoms with Crippen LogP contribution in [0.5, 0.6) is 5.75 Å². The molecule has 29 heavy (non-hydrogen) atoms. The van der Waals surface area contributed by atoms with Crippen LogP contribution in [0.2, 0.25) is 0 Å². The number of nitrogens with one attached hydrogen (secondary N) is 2. The summed E-state index contributed by atoms with van der Waals surface area (Å²) in [5.41, 5.74) is 2.68. The van der Waals surface area contributed by atoms with Gasteiger partial charge in [0, 0.05) is 31.5 Å². The van der Waals surface area contributed by atoms with Gasteiger partial charge in [0.25, 0.3) is 0 Å². The molecule has 8 nitrogen and oxygen atoms in total. The smallest absolute Gasteiger partial charge is 0.222 e. The molecule has 1 aliphatic heterocycles. The fourth-order valence-electron chi connectivity index (χ4n) is 3.66. The highest BCUT2D eigenvalue weighted by atomic mass is 19.1. The number of benzene rings is 1. The Morgan fingerprint density at radius 2 is 2.24 bits per heavy atom. The number of phenols is 1. The van der Waals surface area contributed by atoms with Crippen LogP contribution in [0.3, 0.4) is 0 Å². The molecule has 9 heteroatoms. The van der Waals surface area contributed by atoms with Crippen LogP contribution in [-0.4, -0.2) is 47.8 Å². The number of phenolic OH excluding ortho intramolecular Hbond substituents is 1. The van der Waals surface area contributed by atoms with Crippen molar-refractivity contribution in [3.05, 3.63) is 58.7 Å². The van der Waals surface area contributed by atoms with E-state index >= 15 is 0 Å². The standard InChI is InChI=1S/C20H23FN6O2/c1-2-17-23-20(26-24-17)14-11-27(10-13-9-22-25-19(13)14)18(29)5-3-4-12-6-7-16(28)15(21)8-12/h6-9,14,28H,2-5,10-11H2,1H3,(H,22,25)(H,23,24,26). The summed E-state index contributed by atoms with van der Waals surface area (Å²) >= 11 is 0. The van der Waals surface area contributed by atoms with Crippen molar-refractivity contribution in [3.63, 3.8) is 0 Å². The lowest BCUT2D eigenvalue weighted by molar-refractivity contribution is -0.132. The Morgan fingerprint density at radius 1 is 1.38 bits per heavy atom. The summed E-state index contributed by atoms with van der Waals surface area (Å²) < 4.78 is 13.4. The maximum atomic E-state index is 13.4. The molecule has 0 bridgehead atoms. The topological polar surface area (TPSA) is 111 Å². The highest BCUT2D eigenvalue weighted by Crippen LogP contribution is 2.30. The van der Waals surface area contributed by atoms with E-state index in [4.69, 9.17) is 0 Å². The zero-order chi connectivity index (χ0) is 20.4. The highest BCUT2D eigenvalue weighted by Gasteiger charge is 2.32. The lowest BCUT2D eigenvalue weighted by atomic mass is 9.95. The minimum atomic E-state index is -0.641. The summed E-state index contributed by atoms with van der Waals surface area (Å²) in [6.45, 7) is 2.99. The van der Waals surface area contributed by atoms with Crippen molar-refractivity contribution in [2.75, 3.05) is 6.54 Å². The normalized spacial score (nSPS) is 16.1. The average Bonchev–Trinajstić information content (AvgIpc) is 3.39. The van der Waals surface area contributed by atoms with Crippen LogP contribution < -0.4 is 0 Å². The third kappa shape index (κ3) is 3.98. The third-order valence-corrected chi connectivity index (χ3v) is 5.28. The van der Waals surface area contributed by atoms with Crippen molar-refractivity contribution >= 4 is 5.91 Å². The van der Waals surface area contributed by atoms with Gasteiger partial charge in [0.1, 0.15) is 5.82 Å². The maximum absolute atomic E-state index is 13.4. The first-order chi connectivity index (χ1) is 14.0. The van der Waals surface area contributed by atoms with Crippen molar-refractivity contribution in [1.82, 2.24) is 30.3 Å². The minimum Gasteiger partial charge on any atom is -0.505 e. The predicted octanol–water partition coefficient (Wildman–Crippen LogP) is 2.43. The second-order valence-electron chi connectivity index (χ2n) is 7.27. The van der Waals surface area contributed by atoms with Crippen LogP contribution in [0.25, 0.3) is 0 Å². The summed E-state index contributed by atoms with van der Waals surface area (Å²) in [6, 6.07) is 4.32. The number of carbonyl (C=O) groups is 1. The second-order valence-corrected chi connectivity index (χ2v) is 7.27. The van der Waals surface area contributed by atoms with Crippen molar-refractivity contribution in [2.24, 2.45) is 0 Å². The van der Waals surface area contributed by atoms with Crippen molar-refractivity contribution in [3.8, 4) is 5.75 Å². The van der Waals surface area contributed by atoms with Gasteiger partial charge >= 0.3 is 0 Å². The number of carbonyl (C=O) groups excluding carboxylic acids is 1. The summed E-state index contributed by atoms with van der Waals surface area (Å²) in [4.78, 5) is 19.2. The Hall–Kier alpha value is -3.23. The molecule has 1 amide bonds. The van der Waals surface area contributed by atoms with Crippen LogP contribution in [0, 0.1) is 5.82 Å². The Balaban J connectivity index is 1.41. The lowest BCUT2D eigenvalue weighted by Crippen LogP contribution is -2.38. The molecule has 0 spiro atoms. The predicted molar refractivity (Wildman–Crippen MR) is 103 cm³/mol. The lowest BCUT2D eigenvalue weighted by Gasteiger charge is -2.31. The molecule has 4 rings (SSSR count). The van der Waals surface area contributed by atoms with Gasteiger partial charge in [-0.1, -0.05) is 13.0 Å². The van der Waals surface area contributed by atoms with E-state index in [1.54, 1.807) is 12.3 Å². The Bertz CT molecular complexity index is 1010. The minimum absolute atomic E-state index is 0.0346. The van der Waals surface area contributed by atoms with Gasteiger partial charge in [-0.2, -0.15) is 10.2 Å². The fraction of sp³-hybridized carbons (Fsp3) is 0.400. The van der Waals surface area contributed by atoms with Crippen LogP contribution in [0.15, 0.2) is 24.4 Å². The Morgan fingerprint density at radius 3 is 3.00 bits per heavy atom. The molecule has 0 radical (unpaired) electrons. The van der Waals surface area contributed by atoms with Gasteiger partial charge in [-0.05, 0) is 30.5 Å². The summed E-state index contributed by atoms with van der Waals surface area (Å²) in [7, 11) is 0. The number of amides is 1. The molecule has 3 heterocycles. The quantitative estimate of drug-likeness (QED) is 0.591. The van der Waals surface area contributed by atoms with Crippen LogP contribution in [0.4, 0.5) is 4.39 Å². The number of aromatic amines is 2. The fourth-order valence-corrected chi connectivity index (χ4v) is 3.66. The van der Waals surface area contributed by atoms with Crippen molar-refractivity contribution in [2.45, 2.75) is 45.1 Å². The van der Waals surface area contributed by atoms with E-state index in [0.29, 0.717) is 38.2 Å². The number of nitrogens with zero attached hydrogens (tertiary/aromatic N) is 4. The van der Waals surface area contributed by atoms with Gasteiger partial charge in [0.05, 0.1) is 17.8 Å². The zero-order valence-electron chi connectivity index (χ0n) is 16.2. The number of hydrogen-bond acceptors (Lipinski definition) is 5. The molecular weight excluding hydrogens is 375 g/mol. The van der Waals surface area contributed by atoms with Gasteiger partial charge in [0.2, 0.25) is 5.91 Å². The SMILES string of the molecule is CCc1nc(C2CN(C(=O)CCCc3ccc(O)c(F)c3)Cc3cn[nH]c32)n[nH]1. The molecule has 1 aliphatic rings. The summed E-state index contributed by atoms with van der Waals surface area (Å²) in [6.07, 6.45) is 4.03. The average molecular weight is 398 g/mol. The van der Waals surface area contributed by atoms with E-state index in [0.717, 1.165) is 29.1 Å². The number of fused-ring (bicyclic) bond motifs is 1. The number of rotatable bonds is 6. The Kier molecular flexibility index (Phi) is 5.28. The van der Waals surface area contributed by atoms with E-state index in [1.807, 2.05) is 11.8 Å². The van der Waals surface area contributed by atoms with Gasteiger partial charge < -0.3 is 10.0 Å². The zero-order valence-corrected chi connectivity index (χ0v) is 16.2. The molecular formula is C20H23FN6O2. The van der Waals surface area contributed by atoms with Gasteiger partial charge in [-0.3, -0.25) is 15.0 Å². The van der Waals surface area contributed by atoms with E-state index in [-0.39, 0.29) is 17.6 Å². The summed E-state index contributed by atoms with van der Waals surface area (Å²) in [5, 5.41) is 23.7. The molecule has 0 aliphatic carbocycles. The number of aryl methyl sites for hydroxylation is 2. The Labute approximate surface area is 167 Å². The highest BCUT2D eigenvalue weighted by molar-refractivity contribution is 5.76. The summed E-state index contributed by atoms with van der Waals surface area (Å²) in [5.74, 6) is 0.354. The van der Waals surface area contributed by atoms with Crippen LogP contribution >= 0.6 is 0 Å². The van der Waals surface area contributed by atoms with Crippen molar-refractivity contribution < 1.29 is 14.3 Å². The first-order valence-electron chi connectivity index (χ1n) is 9.73. The van der Waals surface area contributed by atoms with E-state index in [1.165, 1.54) is 12.1 Å². The molecule has 3 N–H and O–H groups in total. The molecule has 0 fully saturated rings. The molecule has 1 atom stereocenters. The molecule has 0 saturated carbocycles. The third-order valence-electron chi connectivity index (χ3n) is 5.28. The molecule has 152 valence electrons.